The van der Waals surface area contributed by atoms with Crippen molar-refractivity contribution in [3.63, 3.8) is 0 Å². The number of rotatable bonds is 34. The molecular formula is C40H76O4. The fourth-order valence-corrected chi connectivity index (χ4v) is 6.28. The second-order valence-corrected chi connectivity index (χ2v) is 13.1. The zero-order valence-electron chi connectivity index (χ0n) is 30.2. The van der Waals surface area contributed by atoms with Gasteiger partial charge in [0.15, 0.2) is 0 Å². The summed E-state index contributed by atoms with van der Waals surface area (Å²) in [6.45, 7) is 8.96. The van der Waals surface area contributed by atoms with Crippen LogP contribution in [0.5, 0.6) is 0 Å². The first-order valence-corrected chi connectivity index (χ1v) is 19.6. The lowest BCUT2D eigenvalue weighted by Crippen LogP contribution is -2.33. The van der Waals surface area contributed by atoms with E-state index in [0.29, 0.717) is 13.2 Å². The van der Waals surface area contributed by atoms with Crippen LogP contribution in [0.2, 0.25) is 0 Å². The summed E-state index contributed by atoms with van der Waals surface area (Å²) in [5.41, 5.74) is 0. The van der Waals surface area contributed by atoms with Gasteiger partial charge in [0, 0.05) is 0 Å². The third kappa shape index (κ3) is 27.0. The van der Waals surface area contributed by atoms with Crippen molar-refractivity contribution in [2.75, 3.05) is 13.2 Å². The van der Waals surface area contributed by atoms with Crippen molar-refractivity contribution in [1.29, 1.82) is 0 Å². The number of hydrogen-bond acceptors (Lipinski definition) is 4. The highest BCUT2D eigenvalue weighted by Crippen LogP contribution is 2.28. The predicted octanol–water partition coefficient (Wildman–Crippen LogP) is 12.9. The van der Waals surface area contributed by atoms with Crippen molar-refractivity contribution < 1.29 is 19.1 Å². The first kappa shape index (κ1) is 42.7. The van der Waals surface area contributed by atoms with Crippen LogP contribution in [-0.2, 0) is 19.1 Å². The number of esters is 2. The second kappa shape index (κ2) is 34.6. The predicted molar refractivity (Wildman–Crippen MR) is 190 cm³/mol. The van der Waals surface area contributed by atoms with Gasteiger partial charge in [0.25, 0.3) is 0 Å². The minimum absolute atomic E-state index is 0.212. The summed E-state index contributed by atoms with van der Waals surface area (Å²) in [5.74, 6) is -1.19. The summed E-state index contributed by atoms with van der Waals surface area (Å²) in [6.07, 6.45) is 39.4. The quantitative estimate of drug-likeness (QED) is 0.0408. The van der Waals surface area contributed by atoms with Gasteiger partial charge in [-0.15, -0.1) is 0 Å². The SMILES string of the molecule is CCCCCCCC/C=C\CCCCCCC(C(=O)OCC)C(CCCCCCCCCCCCCCCC)C(=O)OCC. The van der Waals surface area contributed by atoms with Gasteiger partial charge in [-0.05, 0) is 52.4 Å². The normalized spacial score (nSPS) is 12.9. The highest BCUT2D eigenvalue weighted by molar-refractivity contribution is 5.82. The fraction of sp³-hybridized carbons (Fsp3) is 0.900. The lowest BCUT2D eigenvalue weighted by molar-refractivity contribution is -0.161. The van der Waals surface area contributed by atoms with Crippen LogP contribution in [0.1, 0.15) is 207 Å². The molecule has 0 spiro atoms. The summed E-state index contributed by atoms with van der Waals surface area (Å²) in [6, 6.07) is 0. The molecule has 0 aliphatic carbocycles. The van der Waals surface area contributed by atoms with Crippen LogP contribution < -0.4 is 0 Å². The maximum Gasteiger partial charge on any atom is 0.309 e. The van der Waals surface area contributed by atoms with Crippen molar-refractivity contribution in [3.8, 4) is 0 Å². The monoisotopic (exact) mass is 621 g/mol. The lowest BCUT2D eigenvalue weighted by atomic mass is 9.83. The number of unbranched alkanes of at least 4 members (excludes halogenated alkanes) is 23. The Balaban J connectivity index is 4.32. The van der Waals surface area contributed by atoms with E-state index >= 15 is 0 Å². The van der Waals surface area contributed by atoms with Gasteiger partial charge in [0.05, 0.1) is 25.0 Å². The Labute approximate surface area is 275 Å². The first-order valence-electron chi connectivity index (χ1n) is 19.6. The van der Waals surface area contributed by atoms with Crippen LogP contribution in [0.4, 0.5) is 0 Å². The van der Waals surface area contributed by atoms with Crippen LogP contribution in [-0.4, -0.2) is 25.2 Å². The van der Waals surface area contributed by atoms with Crippen molar-refractivity contribution >= 4 is 11.9 Å². The zero-order valence-corrected chi connectivity index (χ0v) is 30.2. The molecular weight excluding hydrogens is 544 g/mol. The van der Waals surface area contributed by atoms with Crippen molar-refractivity contribution in [2.24, 2.45) is 11.8 Å². The van der Waals surface area contributed by atoms with E-state index in [4.69, 9.17) is 9.47 Å². The van der Waals surface area contributed by atoms with E-state index in [1.165, 1.54) is 135 Å². The van der Waals surface area contributed by atoms with E-state index in [1.54, 1.807) is 0 Å². The molecule has 2 unspecified atom stereocenters. The Morgan fingerprint density at radius 3 is 0.977 bits per heavy atom. The van der Waals surface area contributed by atoms with Crippen molar-refractivity contribution in [1.82, 2.24) is 0 Å². The molecule has 0 bridgehead atoms. The molecule has 0 aromatic carbocycles. The number of allylic oxidation sites excluding steroid dienone is 2. The average Bonchev–Trinajstić information content (AvgIpc) is 3.02. The first-order chi connectivity index (χ1) is 21.6. The maximum atomic E-state index is 13.0. The van der Waals surface area contributed by atoms with E-state index in [0.717, 1.165) is 44.9 Å². The van der Waals surface area contributed by atoms with Gasteiger partial charge in [0.2, 0.25) is 0 Å². The van der Waals surface area contributed by atoms with Crippen LogP contribution in [0, 0.1) is 11.8 Å². The Morgan fingerprint density at radius 1 is 0.409 bits per heavy atom. The zero-order chi connectivity index (χ0) is 32.4. The van der Waals surface area contributed by atoms with Gasteiger partial charge < -0.3 is 9.47 Å². The Bertz CT molecular complexity index is 643. The molecule has 0 heterocycles. The maximum absolute atomic E-state index is 13.0. The van der Waals surface area contributed by atoms with Gasteiger partial charge in [-0.3, -0.25) is 9.59 Å². The lowest BCUT2D eigenvalue weighted by Gasteiger charge is -2.24. The topological polar surface area (TPSA) is 52.6 Å². The summed E-state index contributed by atoms with van der Waals surface area (Å²) in [5, 5.41) is 0. The van der Waals surface area contributed by atoms with Gasteiger partial charge in [-0.1, -0.05) is 167 Å². The molecule has 0 fully saturated rings. The molecule has 0 radical (unpaired) electrons. The van der Waals surface area contributed by atoms with E-state index in [9.17, 15) is 9.59 Å². The number of carbonyl (C=O) groups is 2. The van der Waals surface area contributed by atoms with E-state index < -0.39 is 0 Å². The minimum Gasteiger partial charge on any atom is -0.466 e. The van der Waals surface area contributed by atoms with Crippen LogP contribution in [0.3, 0.4) is 0 Å². The van der Waals surface area contributed by atoms with Crippen LogP contribution >= 0.6 is 0 Å². The molecule has 0 N–H and O–H groups in total. The molecule has 0 rings (SSSR count). The number of ether oxygens (including phenoxy) is 2. The van der Waals surface area contributed by atoms with Crippen molar-refractivity contribution in [3.05, 3.63) is 12.2 Å². The summed E-state index contributed by atoms with van der Waals surface area (Å²) < 4.78 is 10.9. The second-order valence-electron chi connectivity index (χ2n) is 13.1. The Hall–Kier alpha value is -1.32. The summed E-state index contributed by atoms with van der Waals surface area (Å²) in [7, 11) is 0. The highest BCUT2D eigenvalue weighted by Gasteiger charge is 2.35. The van der Waals surface area contributed by atoms with Gasteiger partial charge in [-0.2, -0.15) is 0 Å². The van der Waals surface area contributed by atoms with E-state index in [1.807, 2.05) is 13.8 Å². The molecule has 260 valence electrons. The summed E-state index contributed by atoms with van der Waals surface area (Å²) >= 11 is 0. The smallest absolute Gasteiger partial charge is 0.309 e. The van der Waals surface area contributed by atoms with Gasteiger partial charge in [0.1, 0.15) is 0 Å². The molecule has 0 saturated carbocycles. The van der Waals surface area contributed by atoms with E-state index in [2.05, 4.69) is 26.0 Å². The number of hydrogen-bond donors (Lipinski definition) is 0. The standard InChI is InChI=1S/C40H76O4/c1-5-9-11-13-15-17-19-21-23-25-27-29-31-33-35-37(39(41)43-7-3)38(40(42)44-8-4)36-34-32-30-28-26-24-22-20-18-16-14-12-10-6-2/h21,23,37-38H,5-20,22,24-36H2,1-4H3/b23-21-. The average molecular weight is 621 g/mol. The largest absolute Gasteiger partial charge is 0.466 e. The van der Waals surface area contributed by atoms with Gasteiger partial charge >= 0.3 is 11.9 Å². The molecule has 0 amide bonds. The van der Waals surface area contributed by atoms with Gasteiger partial charge in [-0.25, -0.2) is 0 Å². The number of carbonyl (C=O) groups excluding carboxylic acids is 2. The minimum atomic E-state index is -0.381. The highest BCUT2D eigenvalue weighted by atomic mass is 16.5. The Kier molecular flexibility index (Phi) is 33.5. The molecule has 44 heavy (non-hydrogen) atoms. The molecule has 0 aliphatic rings. The molecule has 0 saturated heterocycles. The third-order valence-electron chi connectivity index (χ3n) is 9.06. The third-order valence-corrected chi connectivity index (χ3v) is 9.06. The Morgan fingerprint density at radius 2 is 0.682 bits per heavy atom. The molecule has 0 aromatic heterocycles. The van der Waals surface area contributed by atoms with Crippen molar-refractivity contribution in [2.45, 2.75) is 207 Å². The molecule has 4 nitrogen and oxygen atoms in total. The molecule has 0 aliphatic heterocycles. The molecule has 4 heteroatoms. The van der Waals surface area contributed by atoms with E-state index in [-0.39, 0.29) is 23.8 Å². The van der Waals surface area contributed by atoms with Crippen LogP contribution in [0.25, 0.3) is 0 Å². The summed E-state index contributed by atoms with van der Waals surface area (Å²) in [4.78, 5) is 25.9. The van der Waals surface area contributed by atoms with Crippen LogP contribution in [0.15, 0.2) is 12.2 Å². The molecule has 2 atom stereocenters. The fourth-order valence-electron chi connectivity index (χ4n) is 6.28. The molecule has 0 aromatic rings.